The molecule has 2 saturated heterocycles. The van der Waals surface area contributed by atoms with Crippen LogP contribution in [0, 0.1) is 0 Å². The van der Waals surface area contributed by atoms with Crippen molar-refractivity contribution in [2.45, 2.75) is 32.1 Å². The molecule has 2 fully saturated rings. The first-order chi connectivity index (χ1) is 19.6. The van der Waals surface area contributed by atoms with E-state index < -0.39 is 0 Å². The van der Waals surface area contributed by atoms with Crippen LogP contribution in [0.15, 0.2) is 71.9 Å². The molecule has 4 aliphatic rings. The minimum atomic E-state index is -0.0323. The van der Waals surface area contributed by atoms with Crippen LogP contribution in [0.3, 0.4) is 0 Å². The Morgan fingerprint density at radius 3 is 2.58 bits per heavy atom. The summed E-state index contributed by atoms with van der Waals surface area (Å²) in [6.45, 7) is 4.64. The summed E-state index contributed by atoms with van der Waals surface area (Å²) >= 11 is 0. The van der Waals surface area contributed by atoms with Gasteiger partial charge < -0.3 is 19.9 Å². The molecule has 0 unspecified atom stereocenters. The second-order valence-electron chi connectivity index (χ2n) is 10.5. The van der Waals surface area contributed by atoms with Crippen molar-refractivity contribution in [2.75, 3.05) is 56.3 Å². The number of likely N-dealkylation sites (tertiary alicyclic amines) is 1. The van der Waals surface area contributed by atoms with Crippen LogP contribution in [0.1, 0.15) is 41.6 Å². The molecule has 2 aromatic rings. The molecule has 5 heterocycles. The second kappa shape index (κ2) is 12.0. The van der Waals surface area contributed by atoms with Crippen LogP contribution < -0.4 is 15.1 Å². The summed E-state index contributed by atoms with van der Waals surface area (Å²) in [5.74, 6) is 1.60. The molecular weight excluding hydrogens is 506 g/mol. The van der Waals surface area contributed by atoms with Gasteiger partial charge in [0.15, 0.2) is 6.20 Å². The largest absolute Gasteiger partial charge is 0.378 e. The van der Waals surface area contributed by atoms with Crippen LogP contribution in [-0.4, -0.2) is 78.5 Å². The van der Waals surface area contributed by atoms with E-state index in [1.807, 2.05) is 35.5 Å². The number of carbonyl (C=O) groups excluding carboxylic acids is 2. The lowest BCUT2D eigenvalue weighted by atomic mass is 10.1. The fourth-order valence-corrected chi connectivity index (χ4v) is 5.46. The highest BCUT2D eigenvalue weighted by Gasteiger charge is 2.36. The number of nitrogens with one attached hydrogen (secondary N) is 1. The molecule has 0 saturated carbocycles. The molecule has 1 radical (unpaired) electrons. The molecule has 1 aromatic carbocycles. The zero-order valence-electron chi connectivity index (χ0n) is 22.7. The van der Waals surface area contributed by atoms with Gasteiger partial charge in [-0.1, -0.05) is 29.9 Å². The maximum absolute atomic E-state index is 13.0. The van der Waals surface area contributed by atoms with Crippen molar-refractivity contribution in [3.8, 4) is 0 Å². The Morgan fingerprint density at radius 1 is 0.975 bits per heavy atom. The Kier molecular flexibility index (Phi) is 7.87. The molecular formula is C30H35N7O3+. The second-order valence-corrected chi connectivity index (χ2v) is 10.5. The number of morpholine rings is 1. The van der Waals surface area contributed by atoms with Crippen LogP contribution in [0.2, 0.25) is 0 Å². The van der Waals surface area contributed by atoms with Gasteiger partial charge in [-0.25, -0.2) is 4.98 Å². The van der Waals surface area contributed by atoms with Crippen LogP contribution in [0.25, 0.3) is 0 Å². The number of fused-ring (bicyclic) bond motifs is 1. The van der Waals surface area contributed by atoms with Crippen LogP contribution in [0.5, 0.6) is 0 Å². The molecule has 207 valence electrons. The smallest absolute Gasteiger partial charge is 0.308 e. The number of ether oxygens (including phenoxy) is 1. The van der Waals surface area contributed by atoms with E-state index in [2.05, 4.69) is 37.2 Å². The first kappa shape index (κ1) is 26.2. The first-order valence-corrected chi connectivity index (χ1v) is 14.1. The zero-order chi connectivity index (χ0) is 27.3. The predicted octanol–water partition coefficient (Wildman–Crippen LogP) is 3.25. The summed E-state index contributed by atoms with van der Waals surface area (Å²) in [5, 5.41) is 3.38. The van der Waals surface area contributed by atoms with E-state index in [-0.39, 0.29) is 11.8 Å². The molecule has 1 aromatic heterocycles. The van der Waals surface area contributed by atoms with Crippen LogP contribution >= 0.6 is 0 Å². The maximum Gasteiger partial charge on any atom is 0.308 e. The monoisotopic (exact) mass is 541 g/mol. The maximum atomic E-state index is 13.0. The third-order valence-electron chi connectivity index (χ3n) is 7.67. The van der Waals surface area contributed by atoms with Crippen molar-refractivity contribution < 1.29 is 14.3 Å². The zero-order valence-corrected chi connectivity index (χ0v) is 22.7. The Morgan fingerprint density at radius 2 is 1.80 bits per heavy atom. The quantitative estimate of drug-likeness (QED) is 0.564. The van der Waals surface area contributed by atoms with Crippen molar-refractivity contribution >= 4 is 29.2 Å². The Balaban J connectivity index is 1.16. The molecule has 2 amide bonds. The van der Waals surface area contributed by atoms with Gasteiger partial charge in [0.1, 0.15) is 11.5 Å². The van der Waals surface area contributed by atoms with Gasteiger partial charge in [-0.2, -0.15) is 4.99 Å². The van der Waals surface area contributed by atoms with E-state index in [0.717, 1.165) is 48.7 Å². The van der Waals surface area contributed by atoms with Crippen molar-refractivity contribution in [3.05, 3.63) is 78.0 Å². The molecule has 10 heteroatoms. The number of carbonyl (C=O) groups is 2. The standard InChI is InChI=1S/C30H35N7O3/c38-28(34-11-3-1-2-4-12-34)19-23-6-5-7-25(18-23)37-21-26(29-31-10-13-36(29)22-37)33-27-9-8-24(20-32-27)30(39)35-14-16-40-17-15-35/h5-10,13,18,20-21H,1-4,11-12,14-17,19,22H2,(H,32,33)/q+1. The van der Waals surface area contributed by atoms with E-state index in [4.69, 9.17) is 4.74 Å². The minimum Gasteiger partial charge on any atom is -0.378 e. The van der Waals surface area contributed by atoms with Crippen molar-refractivity contribution in [3.63, 3.8) is 0 Å². The molecule has 40 heavy (non-hydrogen) atoms. The van der Waals surface area contributed by atoms with Gasteiger partial charge in [-0.05, 0) is 42.7 Å². The molecule has 10 nitrogen and oxygen atoms in total. The van der Waals surface area contributed by atoms with E-state index in [9.17, 15) is 9.59 Å². The van der Waals surface area contributed by atoms with Gasteiger partial charge in [0, 0.05) is 44.3 Å². The third-order valence-corrected chi connectivity index (χ3v) is 7.67. The highest BCUT2D eigenvalue weighted by atomic mass is 16.5. The molecule has 0 atom stereocenters. The van der Waals surface area contributed by atoms with Crippen molar-refractivity contribution in [1.29, 1.82) is 0 Å². The highest BCUT2D eigenvalue weighted by Crippen LogP contribution is 2.25. The summed E-state index contributed by atoms with van der Waals surface area (Å²) in [4.78, 5) is 42.8. The van der Waals surface area contributed by atoms with Gasteiger partial charge >= 0.3 is 5.84 Å². The Bertz CT molecular complexity index is 1320. The fourth-order valence-electron chi connectivity index (χ4n) is 5.46. The predicted molar refractivity (Wildman–Crippen MR) is 154 cm³/mol. The molecule has 6 rings (SSSR count). The van der Waals surface area contributed by atoms with Gasteiger partial charge in [0.05, 0.1) is 31.4 Å². The third kappa shape index (κ3) is 5.93. The number of nitrogens with zero attached hydrogens (tertiary/aromatic N) is 6. The summed E-state index contributed by atoms with van der Waals surface area (Å²) < 4.78 is 5.35. The Labute approximate surface area is 234 Å². The molecule has 0 bridgehead atoms. The van der Waals surface area contributed by atoms with Gasteiger partial charge in [0.2, 0.25) is 12.6 Å². The number of hydrogen-bond acceptors (Lipinski definition) is 8. The fraction of sp³-hybridized carbons (Fsp3) is 0.400. The summed E-state index contributed by atoms with van der Waals surface area (Å²) in [7, 11) is 0. The van der Waals surface area contributed by atoms with Gasteiger partial charge in [0.25, 0.3) is 5.91 Å². The summed E-state index contributed by atoms with van der Waals surface area (Å²) in [6.07, 6.45) is 12.4. The Hall–Kier alpha value is -4.02. The van der Waals surface area contributed by atoms with E-state index in [1.54, 1.807) is 23.4 Å². The van der Waals surface area contributed by atoms with E-state index in [0.29, 0.717) is 50.8 Å². The molecule has 4 aliphatic heterocycles. The van der Waals surface area contributed by atoms with E-state index >= 15 is 0 Å². The number of aromatic nitrogens is 1. The number of amides is 2. The number of rotatable bonds is 6. The topological polar surface area (TPSA) is 96.3 Å². The van der Waals surface area contributed by atoms with E-state index in [1.165, 1.54) is 12.8 Å². The molecule has 0 aliphatic carbocycles. The van der Waals surface area contributed by atoms with Crippen molar-refractivity contribution in [1.82, 2.24) is 19.7 Å². The molecule has 1 N–H and O–H groups in total. The number of amidine groups is 1. The number of pyridine rings is 1. The number of benzene rings is 1. The number of hydrogen-bond donors (Lipinski definition) is 1. The SMILES string of the molecule is O=C(Cc1cccc(N2C=C(Nc3ccc(C(=O)N4CCOCC4)cn3)C3=NC=C[N+]3C2)c1)N1CCCCCC1. The van der Waals surface area contributed by atoms with Crippen LogP contribution in [-0.2, 0) is 16.0 Å². The summed E-state index contributed by atoms with van der Waals surface area (Å²) in [6, 6.07) is 11.8. The van der Waals surface area contributed by atoms with Crippen molar-refractivity contribution in [2.24, 2.45) is 4.99 Å². The van der Waals surface area contributed by atoms with Gasteiger partial charge in [-0.3, -0.25) is 14.5 Å². The lowest BCUT2D eigenvalue weighted by Gasteiger charge is -2.27. The number of anilines is 2. The minimum absolute atomic E-state index is 0.0323. The molecule has 0 spiro atoms. The van der Waals surface area contributed by atoms with Gasteiger partial charge in [-0.15, -0.1) is 0 Å². The highest BCUT2D eigenvalue weighted by molar-refractivity contribution is 6.06. The average molecular weight is 542 g/mol. The average Bonchev–Trinajstić information content (AvgIpc) is 3.31. The number of aliphatic imine (C=N–C) groups is 1. The lowest BCUT2D eigenvalue weighted by Crippen LogP contribution is -2.46. The summed E-state index contributed by atoms with van der Waals surface area (Å²) in [5.41, 5.74) is 3.36. The lowest BCUT2D eigenvalue weighted by molar-refractivity contribution is -0.130. The normalized spacial score (nSPS) is 19.6. The van der Waals surface area contributed by atoms with Crippen LogP contribution in [0.4, 0.5) is 11.5 Å². The first-order valence-electron chi connectivity index (χ1n) is 14.1.